The molecule has 0 aliphatic heterocycles. The molecule has 2 rings (SSSR count). The highest BCUT2D eigenvalue weighted by atomic mass is 79.9. The Balaban J connectivity index is 1.92. The number of hydrazine groups is 1. The smallest absolute Gasteiger partial charge is 0.0492 e. The van der Waals surface area contributed by atoms with Crippen molar-refractivity contribution in [3.05, 3.63) is 52.3 Å². The molecule has 1 unspecified atom stereocenters. The van der Waals surface area contributed by atoms with Crippen LogP contribution in [0.15, 0.2) is 41.0 Å². The van der Waals surface area contributed by atoms with E-state index in [2.05, 4.69) is 38.6 Å². The maximum absolute atomic E-state index is 5.65. The topological polar surface area (TPSA) is 55.9 Å². The second kappa shape index (κ2) is 6.84. The van der Waals surface area contributed by atoms with E-state index in [-0.39, 0.29) is 6.04 Å². The van der Waals surface area contributed by atoms with Gasteiger partial charge in [0.15, 0.2) is 0 Å². The van der Waals surface area contributed by atoms with Gasteiger partial charge in [0.2, 0.25) is 0 Å². The van der Waals surface area contributed by atoms with E-state index in [0.717, 1.165) is 23.7 Å². The van der Waals surface area contributed by atoms with Crippen LogP contribution in [0.2, 0.25) is 0 Å². The molecule has 3 N–H and O–H groups in total. The predicted molar refractivity (Wildman–Crippen MR) is 80.5 cm³/mol. The number of nitrogens with one attached hydrogen (secondary N) is 1. The average molecular weight is 323 g/mol. The Kier molecular flexibility index (Phi) is 5.13. The summed E-state index contributed by atoms with van der Waals surface area (Å²) in [4.78, 5) is 0. The summed E-state index contributed by atoms with van der Waals surface area (Å²) in [5.41, 5.74) is 5.42. The SMILES string of the molecule is Cn1nccc1CCC(Cc1cccc(Br)c1)NN. The molecule has 0 aliphatic rings. The van der Waals surface area contributed by atoms with Crippen LogP contribution in [0, 0.1) is 0 Å². The van der Waals surface area contributed by atoms with Gasteiger partial charge < -0.3 is 0 Å². The molecule has 1 aromatic heterocycles. The van der Waals surface area contributed by atoms with Crippen molar-refractivity contribution in [2.45, 2.75) is 25.3 Å². The number of hydrogen-bond acceptors (Lipinski definition) is 3. The fourth-order valence-corrected chi connectivity index (χ4v) is 2.61. The van der Waals surface area contributed by atoms with Crippen LogP contribution < -0.4 is 11.3 Å². The number of nitrogens with two attached hydrogens (primary N) is 1. The van der Waals surface area contributed by atoms with Crippen LogP contribution in [-0.4, -0.2) is 15.8 Å². The highest BCUT2D eigenvalue weighted by Crippen LogP contribution is 2.14. The molecule has 4 nitrogen and oxygen atoms in total. The lowest BCUT2D eigenvalue weighted by atomic mass is 10.0. The van der Waals surface area contributed by atoms with Crippen LogP contribution >= 0.6 is 15.9 Å². The zero-order chi connectivity index (χ0) is 13.7. The zero-order valence-electron chi connectivity index (χ0n) is 11.0. The number of benzene rings is 1. The molecule has 0 bridgehead atoms. The Morgan fingerprint density at radius 2 is 2.26 bits per heavy atom. The van der Waals surface area contributed by atoms with Crippen LogP contribution in [0.25, 0.3) is 0 Å². The normalized spacial score (nSPS) is 12.6. The number of aromatic nitrogens is 2. The van der Waals surface area contributed by atoms with Crippen LogP contribution in [0.4, 0.5) is 0 Å². The number of halogens is 1. The summed E-state index contributed by atoms with van der Waals surface area (Å²) < 4.78 is 3.01. The summed E-state index contributed by atoms with van der Waals surface area (Å²) in [5, 5.41) is 4.17. The van der Waals surface area contributed by atoms with Crippen molar-refractivity contribution < 1.29 is 0 Å². The molecule has 1 atom stereocenters. The summed E-state index contributed by atoms with van der Waals surface area (Å²) in [6, 6.07) is 10.7. The van der Waals surface area contributed by atoms with Crippen molar-refractivity contribution in [2.24, 2.45) is 12.9 Å². The molecule has 0 amide bonds. The lowest BCUT2D eigenvalue weighted by Crippen LogP contribution is -2.37. The maximum atomic E-state index is 5.65. The molecule has 1 heterocycles. The summed E-state index contributed by atoms with van der Waals surface area (Å²) in [5.74, 6) is 5.65. The molecule has 2 aromatic rings. The minimum Gasteiger partial charge on any atom is -0.273 e. The number of rotatable bonds is 6. The standard InChI is InChI=1S/C14H19BrN4/c1-19-14(7-8-17-19)6-5-13(18-16)10-11-3-2-4-12(15)9-11/h2-4,7-9,13,18H,5-6,10,16H2,1H3. The first-order valence-electron chi connectivity index (χ1n) is 6.36. The molecule has 1 aromatic carbocycles. The van der Waals surface area contributed by atoms with E-state index in [9.17, 15) is 0 Å². The van der Waals surface area contributed by atoms with Gasteiger partial charge in [-0.2, -0.15) is 5.10 Å². The lowest BCUT2D eigenvalue weighted by molar-refractivity contribution is 0.484. The lowest BCUT2D eigenvalue weighted by Gasteiger charge is -2.16. The van der Waals surface area contributed by atoms with Crippen LogP contribution in [-0.2, 0) is 19.9 Å². The molecule has 19 heavy (non-hydrogen) atoms. The van der Waals surface area contributed by atoms with Gasteiger partial charge >= 0.3 is 0 Å². The molecular weight excluding hydrogens is 304 g/mol. The van der Waals surface area contributed by atoms with Crippen molar-refractivity contribution in [1.82, 2.24) is 15.2 Å². The van der Waals surface area contributed by atoms with Crippen molar-refractivity contribution in [2.75, 3.05) is 0 Å². The van der Waals surface area contributed by atoms with E-state index in [0.29, 0.717) is 0 Å². The minimum absolute atomic E-state index is 0.268. The van der Waals surface area contributed by atoms with Gasteiger partial charge in [0, 0.05) is 29.5 Å². The molecule has 0 fully saturated rings. The van der Waals surface area contributed by atoms with E-state index in [1.807, 2.05) is 36.1 Å². The molecule has 0 aliphatic carbocycles. The second-order valence-corrected chi connectivity index (χ2v) is 5.60. The van der Waals surface area contributed by atoms with Gasteiger partial charge in [-0.15, -0.1) is 0 Å². The largest absolute Gasteiger partial charge is 0.273 e. The second-order valence-electron chi connectivity index (χ2n) is 4.68. The van der Waals surface area contributed by atoms with Gasteiger partial charge in [-0.1, -0.05) is 28.1 Å². The third-order valence-corrected chi connectivity index (χ3v) is 3.77. The third-order valence-electron chi connectivity index (χ3n) is 3.28. The van der Waals surface area contributed by atoms with E-state index in [1.165, 1.54) is 11.3 Å². The Morgan fingerprint density at radius 3 is 2.89 bits per heavy atom. The fraction of sp³-hybridized carbons (Fsp3) is 0.357. The van der Waals surface area contributed by atoms with Gasteiger partial charge in [-0.25, -0.2) is 0 Å². The molecular formula is C14H19BrN4. The highest BCUT2D eigenvalue weighted by Gasteiger charge is 2.09. The van der Waals surface area contributed by atoms with Gasteiger partial charge in [-0.05, 0) is 43.0 Å². The van der Waals surface area contributed by atoms with Crippen molar-refractivity contribution in [3.63, 3.8) is 0 Å². The molecule has 102 valence electrons. The Bertz CT molecular complexity index is 524. The predicted octanol–water partition coefficient (Wildman–Crippen LogP) is 2.19. The Labute approximate surface area is 122 Å². The molecule has 0 saturated heterocycles. The number of nitrogens with zero attached hydrogens (tertiary/aromatic N) is 2. The maximum Gasteiger partial charge on any atom is 0.0492 e. The monoisotopic (exact) mass is 322 g/mol. The third kappa shape index (κ3) is 4.16. The highest BCUT2D eigenvalue weighted by molar-refractivity contribution is 9.10. The molecule has 0 saturated carbocycles. The first kappa shape index (κ1) is 14.2. The van der Waals surface area contributed by atoms with E-state index < -0.39 is 0 Å². The first-order valence-corrected chi connectivity index (χ1v) is 7.16. The van der Waals surface area contributed by atoms with Gasteiger partial charge in [0.25, 0.3) is 0 Å². The van der Waals surface area contributed by atoms with E-state index in [1.54, 1.807) is 0 Å². The summed E-state index contributed by atoms with van der Waals surface area (Å²) in [6.45, 7) is 0. The summed E-state index contributed by atoms with van der Waals surface area (Å²) >= 11 is 3.49. The van der Waals surface area contributed by atoms with E-state index >= 15 is 0 Å². The van der Waals surface area contributed by atoms with Crippen LogP contribution in [0.5, 0.6) is 0 Å². The van der Waals surface area contributed by atoms with Gasteiger partial charge in [0.05, 0.1) is 0 Å². The minimum atomic E-state index is 0.268. The Morgan fingerprint density at radius 1 is 1.42 bits per heavy atom. The van der Waals surface area contributed by atoms with Crippen molar-refractivity contribution in [3.8, 4) is 0 Å². The summed E-state index contributed by atoms with van der Waals surface area (Å²) in [7, 11) is 1.97. The fourth-order valence-electron chi connectivity index (χ4n) is 2.16. The first-order chi connectivity index (χ1) is 9.19. The van der Waals surface area contributed by atoms with Crippen LogP contribution in [0.3, 0.4) is 0 Å². The summed E-state index contributed by atoms with van der Waals surface area (Å²) in [6.07, 6.45) is 4.71. The number of hydrogen-bond donors (Lipinski definition) is 2. The Hall–Kier alpha value is -1.17. The van der Waals surface area contributed by atoms with Crippen molar-refractivity contribution in [1.29, 1.82) is 0 Å². The molecule has 5 heteroatoms. The average Bonchev–Trinajstić information content (AvgIpc) is 2.80. The van der Waals surface area contributed by atoms with Gasteiger partial charge in [0.1, 0.15) is 0 Å². The van der Waals surface area contributed by atoms with Crippen LogP contribution in [0.1, 0.15) is 17.7 Å². The van der Waals surface area contributed by atoms with Crippen molar-refractivity contribution >= 4 is 15.9 Å². The molecule has 0 spiro atoms. The molecule has 0 radical (unpaired) electrons. The van der Waals surface area contributed by atoms with Gasteiger partial charge in [-0.3, -0.25) is 16.0 Å². The quantitative estimate of drug-likeness (QED) is 0.633. The zero-order valence-corrected chi connectivity index (χ0v) is 12.6. The number of aryl methyl sites for hydroxylation is 2. The van der Waals surface area contributed by atoms with E-state index in [4.69, 9.17) is 5.84 Å².